The molecule has 126 valence electrons. The fourth-order valence-corrected chi connectivity index (χ4v) is 3.34. The van der Waals surface area contributed by atoms with Gasteiger partial charge >= 0.3 is 0 Å². The van der Waals surface area contributed by atoms with Crippen LogP contribution in [0.3, 0.4) is 0 Å². The minimum absolute atomic E-state index is 0.0891. The largest absolute Gasteiger partial charge is 0.322 e. The van der Waals surface area contributed by atoms with Gasteiger partial charge in [-0.2, -0.15) is 0 Å². The first kappa shape index (κ1) is 17.4. The van der Waals surface area contributed by atoms with Crippen LogP contribution in [0.2, 0.25) is 0 Å². The first-order chi connectivity index (χ1) is 12.0. The van der Waals surface area contributed by atoms with Gasteiger partial charge in [-0.15, -0.1) is 0 Å². The van der Waals surface area contributed by atoms with Gasteiger partial charge in [0.15, 0.2) is 0 Å². The maximum Gasteiger partial charge on any atom is 0.255 e. The molecule has 3 rings (SSSR count). The molecule has 0 atom stereocenters. The molecule has 0 aliphatic rings. The summed E-state index contributed by atoms with van der Waals surface area (Å²) >= 11 is 3.54. The molecule has 3 heteroatoms. The Kier molecular flexibility index (Phi) is 5.05. The Morgan fingerprint density at radius 1 is 0.800 bits per heavy atom. The van der Waals surface area contributed by atoms with Crippen LogP contribution in [0.4, 0.5) is 5.69 Å². The average molecular weight is 394 g/mol. The molecule has 0 bridgehead atoms. The van der Waals surface area contributed by atoms with Crippen LogP contribution in [0.25, 0.3) is 11.1 Å². The monoisotopic (exact) mass is 393 g/mol. The lowest BCUT2D eigenvalue weighted by Gasteiger charge is -2.14. The first-order valence-corrected chi connectivity index (χ1v) is 9.00. The summed E-state index contributed by atoms with van der Waals surface area (Å²) in [5.74, 6) is -0.0891. The predicted molar refractivity (Wildman–Crippen MR) is 108 cm³/mol. The normalized spacial score (nSPS) is 10.6. The number of rotatable bonds is 3. The second-order valence-electron chi connectivity index (χ2n) is 6.18. The van der Waals surface area contributed by atoms with Crippen molar-refractivity contribution < 1.29 is 4.79 Å². The number of hydrogen-bond acceptors (Lipinski definition) is 1. The van der Waals surface area contributed by atoms with E-state index in [0.717, 1.165) is 32.4 Å². The maximum atomic E-state index is 12.7. The van der Waals surface area contributed by atoms with Gasteiger partial charge in [0.1, 0.15) is 0 Å². The molecule has 0 saturated carbocycles. The third-order valence-corrected chi connectivity index (χ3v) is 5.48. The SMILES string of the molecule is Cc1c(Br)cc(C(=O)Nc2ccc(-c3ccccc3)cc2)c(C)c1C. The summed E-state index contributed by atoms with van der Waals surface area (Å²) in [6.07, 6.45) is 0. The summed E-state index contributed by atoms with van der Waals surface area (Å²) in [5.41, 5.74) is 7.10. The number of amides is 1. The molecule has 25 heavy (non-hydrogen) atoms. The van der Waals surface area contributed by atoms with Gasteiger partial charge in [0.25, 0.3) is 5.91 Å². The van der Waals surface area contributed by atoms with Crippen molar-refractivity contribution in [2.45, 2.75) is 20.8 Å². The summed E-state index contributed by atoms with van der Waals surface area (Å²) in [6, 6.07) is 20.0. The second-order valence-corrected chi connectivity index (χ2v) is 7.03. The van der Waals surface area contributed by atoms with Gasteiger partial charge in [-0.3, -0.25) is 4.79 Å². The molecule has 1 amide bonds. The van der Waals surface area contributed by atoms with E-state index in [9.17, 15) is 4.79 Å². The Balaban J connectivity index is 1.82. The molecule has 0 spiro atoms. The summed E-state index contributed by atoms with van der Waals surface area (Å²) < 4.78 is 0.958. The molecule has 3 aromatic carbocycles. The Morgan fingerprint density at radius 2 is 1.40 bits per heavy atom. The number of benzene rings is 3. The highest BCUT2D eigenvalue weighted by Gasteiger charge is 2.14. The summed E-state index contributed by atoms with van der Waals surface area (Å²) in [6.45, 7) is 6.08. The van der Waals surface area contributed by atoms with Gasteiger partial charge in [-0.1, -0.05) is 58.4 Å². The van der Waals surface area contributed by atoms with E-state index in [1.54, 1.807) is 0 Å². The van der Waals surface area contributed by atoms with Gasteiger partial charge in [0, 0.05) is 15.7 Å². The third kappa shape index (κ3) is 3.67. The molecule has 0 unspecified atom stereocenters. The average Bonchev–Trinajstić information content (AvgIpc) is 2.64. The summed E-state index contributed by atoms with van der Waals surface area (Å²) in [4.78, 5) is 12.7. The molecule has 3 aromatic rings. The number of carbonyl (C=O) groups is 1. The van der Waals surface area contributed by atoms with E-state index >= 15 is 0 Å². The maximum absolute atomic E-state index is 12.7. The highest BCUT2D eigenvalue weighted by Crippen LogP contribution is 2.27. The highest BCUT2D eigenvalue weighted by atomic mass is 79.9. The van der Waals surface area contributed by atoms with Crippen molar-refractivity contribution in [1.82, 2.24) is 0 Å². The van der Waals surface area contributed by atoms with Gasteiger partial charge < -0.3 is 5.32 Å². The quantitative estimate of drug-likeness (QED) is 0.556. The molecule has 0 saturated heterocycles. The van der Waals surface area contributed by atoms with Crippen molar-refractivity contribution in [2.24, 2.45) is 0 Å². The van der Waals surface area contributed by atoms with Crippen LogP contribution in [0.15, 0.2) is 65.1 Å². The Morgan fingerprint density at radius 3 is 2.04 bits per heavy atom. The lowest BCUT2D eigenvalue weighted by atomic mass is 9.98. The first-order valence-electron chi connectivity index (χ1n) is 8.20. The smallest absolute Gasteiger partial charge is 0.255 e. The van der Waals surface area contributed by atoms with Crippen LogP contribution in [0, 0.1) is 20.8 Å². The van der Waals surface area contributed by atoms with E-state index in [2.05, 4.69) is 40.3 Å². The van der Waals surface area contributed by atoms with Gasteiger partial charge in [-0.25, -0.2) is 0 Å². The van der Waals surface area contributed by atoms with Crippen LogP contribution >= 0.6 is 15.9 Å². The zero-order valence-electron chi connectivity index (χ0n) is 14.6. The molecule has 0 fully saturated rings. The Hall–Kier alpha value is -2.39. The molecule has 0 aliphatic heterocycles. The van der Waals surface area contributed by atoms with E-state index in [0.29, 0.717) is 5.56 Å². The second kappa shape index (κ2) is 7.24. The number of hydrogen-bond donors (Lipinski definition) is 1. The fourth-order valence-electron chi connectivity index (χ4n) is 2.82. The molecule has 1 N–H and O–H groups in total. The van der Waals surface area contributed by atoms with E-state index in [-0.39, 0.29) is 5.91 Å². The standard InChI is InChI=1S/C22H20BrNO/c1-14-15(2)20(13-21(23)16(14)3)22(25)24-19-11-9-18(10-12-19)17-7-5-4-6-8-17/h4-13H,1-3H3,(H,24,25). The van der Waals surface area contributed by atoms with Crippen LogP contribution in [0.1, 0.15) is 27.0 Å². The molecule has 0 aliphatic carbocycles. The van der Waals surface area contributed by atoms with E-state index in [4.69, 9.17) is 0 Å². The topological polar surface area (TPSA) is 29.1 Å². The van der Waals surface area contributed by atoms with Crippen molar-refractivity contribution in [1.29, 1.82) is 0 Å². The molecule has 2 nitrogen and oxygen atoms in total. The predicted octanol–water partition coefficient (Wildman–Crippen LogP) is 6.29. The van der Waals surface area contributed by atoms with Crippen LogP contribution in [-0.4, -0.2) is 5.91 Å². The molecular formula is C22H20BrNO. The van der Waals surface area contributed by atoms with Gasteiger partial charge in [0.05, 0.1) is 0 Å². The lowest BCUT2D eigenvalue weighted by molar-refractivity contribution is 0.102. The van der Waals surface area contributed by atoms with Crippen LogP contribution < -0.4 is 5.32 Å². The number of halogens is 1. The van der Waals surface area contributed by atoms with Crippen LogP contribution in [-0.2, 0) is 0 Å². The molecular weight excluding hydrogens is 374 g/mol. The number of anilines is 1. The van der Waals surface area contributed by atoms with E-state index < -0.39 is 0 Å². The van der Waals surface area contributed by atoms with Crippen LogP contribution in [0.5, 0.6) is 0 Å². The fraction of sp³-hybridized carbons (Fsp3) is 0.136. The van der Waals surface area contributed by atoms with Crippen molar-refractivity contribution in [3.8, 4) is 11.1 Å². The van der Waals surface area contributed by atoms with E-state index in [1.165, 1.54) is 5.56 Å². The summed E-state index contributed by atoms with van der Waals surface area (Å²) in [5, 5.41) is 2.99. The Labute approximate surface area is 157 Å². The lowest BCUT2D eigenvalue weighted by Crippen LogP contribution is -2.14. The minimum Gasteiger partial charge on any atom is -0.322 e. The van der Waals surface area contributed by atoms with Crippen molar-refractivity contribution >= 4 is 27.5 Å². The molecule has 0 radical (unpaired) electrons. The van der Waals surface area contributed by atoms with Crippen molar-refractivity contribution in [3.05, 3.63) is 87.4 Å². The zero-order chi connectivity index (χ0) is 18.0. The Bertz CT molecular complexity index is 915. The third-order valence-electron chi connectivity index (χ3n) is 4.65. The van der Waals surface area contributed by atoms with Gasteiger partial charge in [-0.05, 0) is 66.8 Å². The highest BCUT2D eigenvalue weighted by molar-refractivity contribution is 9.10. The number of carbonyl (C=O) groups excluding carboxylic acids is 1. The van der Waals surface area contributed by atoms with E-state index in [1.807, 2.05) is 62.4 Å². The van der Waals surface area contributed by atoms with Gasteiger partial charge in [0.2, 0.25) is 0 Å². The molecule has 0 aromatic heterocycles. The summed E-state index contributed by atoms with van der Waals surface area (Å²) in [7, 11) is 0. The minimum atomic E-state index is -0.0891. The van der Waals surface area contributed by atoms with Crippen molar-refractivity contribution in [2.75, 3.05) is 5.32 Å². The molecule has 0 heterocycles. The van der Waals surface area contributed by atoms with Crippen molar-refractivity contribution in [3.63, 3.8) is 0 Å². The zero-order valence-corrected chi connectivity index (χ0v) is 16.1. The number of nitrogens with one attached hydrogen (secondary N) is 1.